The predicted molar refractivity (Wildman–Crippen MR) is 81.5 cm³/mol. The molecule has 1 aliphatic heterocycles. The number of aryl methyl sites for hydroxylation is 1. The fraction of sp³-hybridized carbons (Fsp3) is 0.600. The van der Waals surface area contributed by atoms with Crippen LogP contribution in [0.25, 0.3) is 0 Å². The van der Waals surface area contributed by atoms with Crippen molar-refractivity contribution in [3.8, 4) is 11.5 Å². The summed E-state index contributed by atoms with van der Waals surface area (Å²) in [6.07, 6.45) is 2.03. The van der Waals surface area contributed by atoms with E-state index in [1.54, 1.807) is 6.07 Å². The number of hydrogen-bond acceptors (Lipinski definition) is 3. The maximum Gasteiger partial charge on any atom is 0.160 e. The molecule has 2 N–H and O–H groups in total. The molecule has 0 bridgehead atoms. The van der Waals surface area contributed by atoms with Crippen molar-refractivity contribution in [2.45, 2.75) is 32.6 Å². The summed E-state index contributed by atoms with van der Waals surface area (Å²) in [5.74, 6) is 1.42. The first-order chi connectivity index (χ1) is 8.61. The molecule has 1 heterocycles. The molecule has 106 valence electrons. The van der Waals surface area contributed by atoms with E-state index in [9.17, 15) is 10.2 Å². The Morgan fingerprint density at radius 3 is 2.74 bits per heavy atom. The van der Waals surface area contributed by atoms with Gasteiger partial charge in [0.05, 0.1) is 0 Å². The average Bonchev–Trinajstić information content (AvgIpc) is 2.77. The third-order valence-electron chi connectivity index (χ3n) is 4.73. The topological polar surface area (TPSA) is 43.7 Å². The number of nitrogens with zero attached hydrogens (tertiary/aromatic N) is 1. The number of likely N-dealkylation sites (tertiary alicyclic amines) is 1. The van der Waals surface area contributed by atoms with Crippen LogP contribution in [-0.4, -0.2) is 34.7 Å². The number of hydrogen-bond donors (Lipinski definition) is 2. The van der Waals surface area contributed by atoms with Gasteiger partial charge in [-0.3, -0.25) is 0 Å². The van der Waals surface area contributed by atoms with Crippen molar-refractivity contribution in [3.63, 3.8) is 0 Å². The summed E-state index contributed by atoms with van der Waals surface area (Å²) in [6, 6.07) is 1.71. The van der Waals surface area contributed by atoms with Crippen LogP contribution in [0, 0.1) is 12.8 Å². The van der Waals surface area contributed by atoms with Gasteiger partial charge in [0.15, 0.2) is 11.5 Å². The molecule has 2 unspecified atom stereocenters. The van der Waals surface area contributed by atoms with Gasteiger partial charge in [0, 0.05) is 24.6 Å². The average molecular weight is 328 g/mol. The monoisotopic (exact) mass is 327 g/mol. The van der Waals surface area contributed by atoms with E-state index in [0.29, 0.717) is 5.92 Å². The van der Waals surface area contributed by atoms with E-state index in [0.717, 1.165) is 43.0 Å². The molecule has 3 nitrogen and oxygen atoms in total. The maximum atomic E-state index is 10.0. The fourth-order valence-corrected chi connectivity index (χ4v) is 3.81. The van der Waals surface area contributed by atoms with Gasteiger partial charge in [0.2, 0.25) is 0 Å². The van der Waals surface area contributed by atoms with E-state index in [1.165, 1.54) is 12.1 Å². The highest BCUT2D eigenvalue weighted by atomic mass is 79.9. The third kappa shape index (κ3) is 2.25. The quantitative estimate of drug-likeness (QED) is 0.779. The van der Waals surface area contributed by atoms with Crippen LogP contribution < -0.4 is 0 Å². The molecule has 4 heteroatoms. The fourth-order valence-electron chi connectivity index (χ4n) is 3.81. The number of phenols is 2. The summed E-state index contributed by atoms with van der Waals surface area (Å²) < 4.78 is 0. The van der Waals surface area contributed by atoms with Crippen molar-refractivity contribution >= 4 is 17.0 Å². The standard InChI is InChI=1S/C15H21NO2.BrH/c1-3-16-7-10-4-5-11-14(12(10)8-16)9(2)6-13(17)15(11)18;/h6,10,12,17-18H,3-5,7-8H2,1-2H3;1H. The number of likely N-dealkylation sites (N-methyl/N-ethyl adjacent to an activating group) is 1. The van der Waals surface area contributed by atoms with Gasteiger partial charge in [-0.05, 0) is 49.4 Å². The Morgan fingerprint density at radius 1 is 1.32 bits per heavy atom. The van der Waals surface area contributed by atoms with E-state index >= 15 is 0 Å². The van der Waals surface area contributed by atoms with Gasteiger partial charge in [-0.2, -0.15) is 0 Å². The second-order valence-electron chi connectivity index (χ2n) is 5.71. The van der Waals surface area contributed by atoms with Crippen LogP contribution >= 0.6 is 17.0 Å². The van der Waals surface area contributed by atoms with E-state index in [4.69, 9.17) is 0 Å². The van der Waals surface area contributed by atoms with Crippen molar-refractivity contribution in [3.05, 3.63) is 22.8 Å². The lowest BCUT2D eigenvalue weighted by Crippen LogP contribution is -2.20. The summed E-state index contributed by atoms with van der Waals surface area (Å²) in [6.45, 7) is 7.64. The normalized spacial score (nSPS) is 25.6. The van der Waals surface area contributed by atoms with Gasteiger partial charge >= 0.3 is 0 Å². The molecule has 1 aromatic rings. The first-order valence-corrected chi connectivity index (χ1v) is 6.88. The Kier molecular flexibility index (Phi) is 4.11. The molecule has 0 saturated carbocycles. The Morgan fingerprint density at radius 2 is 2.05 bits per heavy atom. The van der Waals surface area contributed by atoms with Gasteiger partial charge in [-0.1, -0.05) is 6.92 Å². The van der Waals surface area contributed by atoms with Crippen LogP contribution in [0.15, 0.2) is 6.07 Å². The summed E-state index contributed by atoms with van der Waals surface area (Å²) in [4.78, 5) is 2.49. The molecule has 1 fully saturated rings. The van der Waals surface area contributed by atoms with Crippen LogP contribution in [0.4, 0.5) is 0 Å². The third-order valence-corrected chi connectivity index (χ3v) is 4.73. The molecule has 1 saturated heterocycles. The highest BCUT2D eigenvalue weighted by Gasteiger charge is 2.39. The van der Waals surface area contributed by atoms with Crippen molar-refractivity contribution < 1.29 is 10.2 Å². The minimum absolute atomic E-state index is 0. The molecule has 1 aromatic carbocycles. The van der Waals surface area contributed by atoms with Gasteiger partial charge in [0.1, 0.15) is 0 Å². The van der Waals surface area contributed by atoms with Crippen molar-refractivity contribution in [2.75, 3.05) is 19.6 Å². The zero-order valence-electron chi connectivity index (χ0n) is 11.5. The van der Waals surface area contributed by atoms with Gasteiger partial charge in [0.25, 0.3) is 0 Å². The highest BCUT2D eigenvalue weighted by Crippen LogP contribution is 2.47. The molecule has 0 aromatic heterocycles. The first kappa shape index (κ1) is 14.7. The summed E-state index contributed by atoms with van der Waals surface area (Å²) in [5.41, 5.74) is 3.43. The molecule has 2 atom stereocenters. The van der Waals surface area contributed by atoms with Crippen molar-refractivity contribution in [1.82, 2.24) is 4.90 Å². The number of halogens is 1. The molecule has 1 aliphatic carbocycles. The molecule has 3 rings (SSSR count). The molecule has 0 spiro atoms. The number of aromatic hydroxyl groups is 2. The van der Waals surface area contributed by atoms with Gasteiger partial charge in [-0.25, -0.2) is 0 Å². The highest BCUT2D eigenvalue weighted by molar-refractivity contribution is 8.93. The lowest BCUT2D eigenvalue weighted by atomic mass is 9.75. The largest absolute Gasteiger partial charge is 0.504 e. The summed E-state index contributed by atoms with van der Waals surface area (Å²) >= 11 is 0. The molecular formula is C15H22BrNO2. The Hall–Kier alpha value is -0.740. The number of benzene rings is 1. The van der Waals surface area contributed by atoms with Gasteiger partial charge < -0.3 is 15.1 Å². The molecular weight excluding hydrogens is 306 g/mol. The maximum absolute atomic E-state index is 10.0. The number of phenolic OH excluding ortho intramolecular Hbond substituents is 2. The molecule has 19 heavy (non-hydrogen) atoms. The minimum Gasteiger partial charge on any atom is -0.504 e. The lowest BCUT2D eigenvalue weighted by Gasteiger charge is -2.29. The van der Waals surface area contributed by atoms with Crippen molar-refractivity contribution in [2.24, 2.45) is 5.92 Å². The SMILES string of the molecule is Br.CCN1CC2CCc3c(O)c(O)cc(C)c3C2C1. The zero-order valence-corrected chi connectivity index (χ0v) is 13.2. The predicted octanol–water partition coefficient (Wildman–Crippen LogP) is 2.97. The van der Waals surface area contributed by atoms with Gasteiger partial charge in [-0.15, -0.1) is 17.0 Å². The molecule has 0 radical (unpaired) electrons. The van der Waals surface area contributed by atoms with Crippen molar-refractivity contribution in [1.29, 1.82) is 0 Å². The van der Waals surface area contributed by atoms with E-state index in [1.807, 2.05) is 0 Å². The van der Waals surface area contributed by atoms with Crippen LogP contribution in [0.1, 0.15) is 36.0 Å². The zero-order chi connectivity index (χ0) is 12.9. The summed E-state index contributed by atoms with van der Waals surface area (Å²) in [7, 11) is 0. The molecule has 2 aliphatic rings. The van der Waals surface area contributed by atoms with E-state index in [2.05, 4.69) is 18.7 Å². The Bertz CT molecular complexity index is 490. The van der Waals surface area contributed by atoms with Crippen LogP contribution in [0.3, 0.4) is 0 Å². The Balaban J connectivity index is 0.00000133. The molecule has 0 amide bonds. The minimum atomic E-state index is 0. The van der Waals surface area contributed by atoms with Crippen LogP contribution in [-0.2, 0) is 6.42 Å². The second-order valence-corrected chi connectivity index (χ2v) is 5.71. The van der Waals surface area contributed by atoms with Crippen LogP contribution in [0.2, 0.25) is 0 Å². The lowest BCUT2D eigenvalue weighted by molar-refractivity contribution is 0.337. The Labute approximate surface area is 125 Å². The first-order valence-electron chi connectivity index (χ1n) is 6.88. The smallest absolute Gasteiger partial charge is 0.160 e. The number of rotatable bonds is 1. The van der Waals surface area contributed by atoms with E-state index < -0.39 is 0 Å². The number of fused-ring (bicyclic) bond motifs is 3. The second kappa shape index (κ2) is 5.33. The van der Waals surface area contributed by atoms with E-state index in [-0.39, 0.29) is 28.5 Å². The summed E-state index contributed by atoms with van der Waals surface area (Å²) in [5, 5.41) is 19.8. The van der Waals surface area contributed by atoms with Crippen LogP contribution in [0.5, 0.6) is 11.5 Å².